The van der Waals surface area contributed by atoms with E-state index in [0.29, 0.717) is 0 Å². The molecule has 0 spiro atoms. The fraction of sp³-hybridized carbons (Fsp3) is 0. The SMILES string of the molecule is Fc1c(F)c(F)[c]([GaH2])c(F)c1F. The first-order valence-corrected chi connectivity index (χ1v) is 5.04. The minimum atomic E-state index is -2.10. The van der Waals surface area contributed by atoms with Crippen LogP contribution in [0.1, 0.15) is 0 Å². The standard InChI is InChI=1S/C6F5.Ga.2H/c7-2-1-3(8)5(10)6(11)4(2)9;;;. The van der Waals surface area contributed by atoms with Crippen LogP contribution in [0.25, 0.3) is 0 Å². The Morgan fingerprint density at radius 2 is 0.833 bits per heavy atom. The van der Waals surface area contributed by atoms with Gasteiger partial charge in [-0.15, -0.1) is 0 Å². The predicted molar refractivity (Wildman–Crippen MR) is 34.4 cm³/mol. The van der Waals surface area contributed by atoms with Gasteiger partial charge in [0.2, 0.25) is 0 Å². The first-order valence-electron chi connectivity index (χ1n) is 2.94. The van der Waals surface area contributed by atoms with Gasteiger partial charge in [0.25, 0.3) is 0 Å². The third kappa shape index (κ3) is 1.24. The number of hydrogen-bond acceptors (Lipinski definition) is 0. The Hall–Kier alpha value is -0.494. The summed E-state index contributed by atoms with van der Waals surface area (Å²) in [5.74, 6) is -9.23. The molecule has 1 aromatic carbocycles. The molecule has 1 rings (SSSR count). The molecule has 1 aromatic rings. The van der Waals surface area contributed by atoms with E-state index in [1.165, 1.54) is 0 Å². The van der Waals surface area contributed by atoms with E-state index in [9.17, 15) is 22.0 Å². The van der Waals surface area contributed by atoms with Gasteiger partial charge in [0, 0.05) is 0 Å². The van der Waals surface area contributed by atoms with Crippen LogP contribution in [0.3, 0.4) is 0 Å². The molecule has 0 radical (unpaired) electrons. The summed E-state index contributed by atoms with van der Waals surface area (Å²) in [5, 5.41) is 0. The molecule has 0 aromatic heterocycles. The zero-order chi connectivity index (χ0) is 9.46. The first kappa shape index (κ1) is 9.59. The monoisotopic (exact) mass is 238 g/mol. The molecule has 6 heteroatoms. The summed E-state index contributed by atoms with van der Waals surface area (Å²) in [7, 11) is 0. The second kappa shape index (κ2) is 3.10. The van der Waals surface area contributed by atoms with Crippen molar-refractivity contribution < 1.29 is 22.0 Å². The van der Waals surface area contributed by atoms with Crippen LogP contribution >= 0.6 is 0 Å². The molecule has 0 fully saturated rings. The van der Waals surface area contributed by atoms with Gasteiger partial charge in [-0.25, -0.2) is 0 Å². The molecule has 0 nitrogen and oxygen atoms in total. The van der Waals surface area contributed by atoms with Gasteiger partial charge in [0.1, 0.15) is 0 Å². The summed E-state index contributed by atoms with van der Waals surface area (Å²) in [5.41, 5.74) is 0. The number of rotatable bonds is 0. The molecule has 0 bridgehead atoms. The second-order valence-electron chi connectivity index (χ2n) is 2.19. The Morgan fingerprint density at radius 1 is 0.583 bits per heavy atom. The zero-order valence-electron chi connectivity index (χ0n) is 5.89. The van der Waals surface area contributed by atoms with E-state index in [-0.39, 0.29) is 0 Å². The van der Waals surface area contributed by atoms with Gasteiger partial charge in [0.05, 0.1) is 0 Å². The molecule has 0 amide bonds. The molecule has 64 valence electrons. The molecule has 0 aliphatic rings. The van der Waals surface area contributed by atoms with Gasteiger partial charge >= 0.3 is 73.8 Å². The van der Waals surface area contributed by atoms with Crippen molar-refractivity contribution >= 4 is 22.7 Å². The van der Waals surface area contributed by atoms with Crippen LogP contribution in [0.15, 0.2) is 0 Å². The van der Waals surface area contributed by atoms with E-state index in [1.807, 2.05) is 0 Å². The number of benzene rings is 1. The van der Waals surface area contributed by atoms with E-state index >= 15 is 0 Å². The summed E-state index contributed by atoms with van der Waals surface area (Å²) < 4.78 is 61.1. The van der Waals surface area contributed by atoms with Crippen molar-refractivity contribution in [2.45, 2.75) is 0 Å². The van der Waals surface area contributed by atoms with Crippen LogP contribution in [0.5, 0.6) is 0 Å². The number of hydrogen-bond donors (Lipinski definition) is 0. The summed E-state index contributed by atoms with van der Waals surface area (Å²) >= 11 is -0.587. The Bertz CT molecular complexity index is 230. The predicted octanol–water partition coefficient (Wildman–Crippen LogP) is 0.641. The van der Waals surface area contributed by atoms with Crippen LogP contribution in [0.4, 0.5) is 22.0 Å². The van der Waals surface area contributed by atoms with Crippen molar-refractivity contribution in [3.05, 3.63) is 29.1 Å². The van der Waals surface area contributed by atoms with E-state index in [2.05, 4.69) is 0 Å². The second-order valence-corrected chi connectivity index (χ2v) is 4.29. The molecule has 0 saturated carbocycles. The normalized spacial score (nSPS) is 10.4. The topological polar surface area (TPSA) is 0 Å². The van der Waals surface area contributed by atoms with Gasteiger partial charge in [-0.2, -0.15) is 0 Å². The van der Waals surface area contributed by atoms with Crippen LogP contribution in [-0.2, 0) is 0 Å². The molecular weight excluding hydrogens is 237 g/mol. The molecule has 0 aliphatic heterocycles. The molecule has 0 heterocycles. The fourth-order valence-corrected chi connectivity index (χ4v) is 1.64. The average molecular weight is 239 g/mol. The first-order chi connectivity index (χ1) is 5.46. The number of halogens is 5. The van der Waals surface area contributed by atoms with Crippen LogP contribution in [-0.4, -0.2) is 18.6 Å². The van der Waals surface area contributed by atoms with Crippen molar-refractivity contribution in [1.29, 1.82) is 0 Å². The Labute approximate surface area is 74.3 Å². The molecule has 0 atom stereocenters. The molecule has 0 N–H and O–H groups in total. The van der Waals surface area contributed by atoms with Gasteiger partial charge < -0.3 is 0 Å². The van der Waals surface area contributed by atoms with E-state index in [1.54, 1.807) is 0 Å². The maximum atomic E-state index is 12.5. The van der Waals surface area contributed by atoms with E-state index < -0.39 is 51.8 Å². The quantitative estimate of drug-likeness (QED) is 0.269. The van der Waals surface area contributed by atoms with Crippen LogP contribution in [0.2, 0.25) is 0 Å². The Morgan fingerprint density at radius 3 is 1.17 bits per heavy atom. The van der Waals surface area contributed by atoms with Gasteiger partial charge in [0.15, 0.2) is 0 Å². The summed E-state index contributed by atoms with van der Waals surface area (Å²) in [6, 6.07) is 0. The Balaban J connectivity index is 3.60. The molecule has 0 unspecified atom stereocenters. The van der Waals surface area contributed by atoms with Gasteiger partial charge in [-0.3, -0.25) is 0 Å². The Kier molecular flexibility index (Phi) is 2.48. The van der Waals surface area contributed by atoms with Gasteiger partial charge in [-0.05, 0) is 0 Å². The summed E-state index contributed by atoms with van der Waals surface area (Å²) in [4.78, 5) is 0. The molecule has 12 heavy (non-hydrogen) atoms. The van der Waals surface area contributed by atoms with E-state index in [4.69, 9.17) is 0 Å². The van der Waals surface area contributed by atoms with Crippen molar-refractivity contribution in [3.63, 3.8) is 0 Å². The van der Waals surface area contributed by atoms with Crippen LogP contribution in [0, 0.1) is 29.1 Å². The van der Waals surface area contributed by atoms with E-state index in [0.717, 1.165) is 0 Å². The van der Waals surface area contributed by atoms with Crippen LogP contribution < -0.4 is 4.12 Å². The third-order valence-electron chi connectivity index (χ3n) is 1.43. The van der Waals surface area contributed by atoms with Crippen molar-refractivity contribution in [2.24, 2.45) is 0 Å². The van der Waals surface area contributed by atoms with Gasteiger partial charge in [-0.1, -0.05) is 0 Å². The van der Waals surface area contributed by atoms with Crippen molar-refractivity contribution in [2.75, 3.05) is 0 Å². The fourth-order valence-electron chi connectivity index (χ4n) is 0.715. The maximum absolute atomic E-state index is 12.5. The van der Waals surface area contributed by atoms with Crippen molar-refractivity contribution in [1.82, 2.24) is 0 Å². The minimum absolute atomic E-state index is 0.587. The average Bonchev–Trinajstić information content (AvgIpc) is 2.08. The molecular formula is C6H2F5Ga. The summed E-state index contributed by atoms with van der Waals surface area (Å²) in [6.45, 7) is 0. The molecule has 0 aliphatic carbocycles. The third-order valence-corrected chi connectivity index (χ3v) is 3.27. The molecule has 0 saturated heterocycles. The summed E-state index contributed by atoms with van der Waals surface area (Å²) in [6.07, 6.45) is 0. The zero-order valence-corrected chi connectivity index (χ0v) is 10.1. The van der Waals surface area contributed by atoms with Crippen molar-refractivity contribution in [3.8, 4) is 0 Å².